The van der Waals surface area contributed by atoms with Crippen LogP contribution in [0, 0.1) is 19.8 Å². The molecule has 0 radical (unpaired) electrons. The molecular weight excluding hydrogens is 385 g/mol. The number of nitrogens with zero attached hydrogens (tertiary/aromatic N) is 2. The first-order valence-corrected chi connectivity index (χ1v) is 9.27. The van der Waals surface area contributed by atoms with E-state index in [0.29, 0.717) is 22.2 Å². The smallest absolute Gasteiger partial charge is 0.245 e. The maximum absolute atomic E-state index is 12.4. The number of halogens is 2. The van der Waals surface area contributed by atoms with Crippen LogP contribution in [0.25, 0.3) is 0 Å². The van der Waals surface area contributed by atoms with Gasteiger partial charge in [-0.2, -0.15) is 5.10 Å². The van der Waals surface area contributed by atoms with Crippen LogP contribution in [-0.4, -0.2) is 24.6 Å². The fourth-order valence-electron chi connectivity index (χ4n) is 3.01. The van der Waals surface area contributed by atoms with Crippen molar-refractivity contribution in [1.82, 2.24) is 5.43 Å². The quantitative estimate of drug-likeness (QED) is 0.616. The average molecular weight is 404 g/mol. The lowest BCUT2D eigenvalue weighted by Crippen LogP contribution is -2.30. The molecule has 0 bridgehead atoms. The highest BCUT2D eigenvalue weighted by Gasteiger charge is 2.35. The molecule has 1 unspecified atom stereocenters. The number of benzene rings is 2. The zero-order chi connectivity index (χ0) is 19.6. The van der Waals surface area contributed by atoms with Crippen LogP contribution < -0.4 is 10.3 Å². The molecule has 0 spiro atoms. The van der Waals surface area contributed by atoms with E-state index in [0.717, 1.165) is 16.8 Å². The molecule has 5 nitrogen and oxygen atoms in total. The molecule has 1 atom stereocenters. The zero-order valence-electron chi connectivity index (χ0n) is 15.0. The zero-order valence-corrected chi connectivity index (χ0v) is 16.5. The maximum Gasteiger partial charge on any atom is 0.245 e. The summed E-state index contributed by atoms with van der Waals surface area (Å²) in [5.74, 6) is -0.839. The summed E-state index contributed by atoms with van der Waals surface area (Å²) in [4.78, 5) is 26.5. The number of rotatable bonds is 4. The predicted molar refractivity (Wildman–Crippen MR) is 109 cm³/mol. The van der Waals surface area contributed by atoms with Gasteiger partial charge < -0.3 is 4.90 Å². The minimum Gasteiger partial charge on any atom is -0.311 e. The molecular formula is C20H19Cl2N3O2. The number of amides is 2. The summed E-state index contributed by atoms with van der Waals surface area (Å²) >= 11 is 12.1. The fraction of sp³-hybridized carbons (Fsp3) is 0.250. The van der Waals surface area contributed by atoms with Crippen molar-refractivity contribution in [3.05, 3.63) is 63.1 Å². The lowest BCUT2D eigenvalue weighted by atomic mass is 10.1. The van der Waals surface area contributed by atoms with Crippen molar-refractivity contribution in [2.45, 2.75) is 20.3 Å². The van der Waals surface area contributed by atoms with Gasteiger partial charge in [-0.1, -0.05) is 41.4 Å². The normalized spacial score (nSPS) is 17.0. The monoisotopic (exact) mass is 403 g/mol. The Bertz CT molecular complexity index is 907. The lowest BCUT2D eigenvalue weighted by Gasteiger charge is -2.19. The third kappa shape index (κ3) is 4.31. The molecule has 7 heteroatoms. The second-order valence-corrected chi connectivity index (χ2v) is 7.38. The minimum absolute atomic E-state index is 0.0676. The standard InChI is InChI=1S/C20H19Cl2N3O2/c1-12-6-7-13(2)18(8-12)25-11-14(9-19(25)26)20(27)24-23-10-15-16(21)4-3-5-17(15)22/h3-8,10,14H,9,11H2,1-2H3,(H,24,27)/b23-10+. The fourth-order valence-corrected chi connectivity index (χ4v) is 3.51. The lowest BCUT2D eigenvalue weighted by molar-refractivity contribution is -0.126. The van der Waals surface area contributed by atoms with E-state index in [1.54, 1.807) is 23.1 Å². The SMILES string of the molecule is Cc1ccc(C)c(N2CC(C(=O)N/N=C/c3c(Cl)cccc3Cl)CC2=O)c1. The Balaban J connectivity index is 1.67. The van der Waals surface area contributed by atoms with E-state index >= 15 is 0 Å². The molecule has 1 fully saturated rings. The van der Waals surface area contributed by atoms with E-state index in [-0.39, 0.29) is 18.2 Å². The molecule has 1 N–H and O–H groups in total. The van der Waals surface area contributed by atoms with Crippen LogP contribution in [0.1, 0.15) is 23.1 Å². The second-order valence-electron chi connectivity index (χ2n) is 6.56. The number of aryl methyl sites for hydroxylation is 2. The van der Waals surface area contributed by atoms with Gasteiger partial charge in [-0.15, -0.1) is 0 Å². The molecule has 140 valence electrons. The van der Waals surface area contributed by atoms with Crippen molar-refractivity contribution in [2.75, 3.05) is 11.4 Å². The van der Waals surface area contributed by atoms with E-state index in [2.05, 4.69) is 10.5 Å². The van der Waals surface area contributed by atoms with Gasteiger partial charge >= 0.3 is 0 Å². The molecule has 0 aliphatic carbocycles. The Morgan fingerprint density at radius 3 is 2.63 bits per heavy atom. The van der Waals surface area contributed by atoms with Crippen molar-refractivity contribution in [3.8, 4) is 0 Å². The van der Waals surface area contributed by atoms with Crippen LogP contribution in [-0.2, 0) is 9.59 Å². The largest absolute Gasteiger partial charge is 0.311 e. The second kappa shape index (κ2) is 8.11. The van der Waals surface area contributed by atoms with E-state index in [9.17, 15) is 9.59 Å². The molecule has 27 heavy (non-hydrogen) atoms. The number of nitrogens with one attached hydrogen (secondary N) is 1. The van der Waals surface area contributed by atoms with Crippen LogP contribution in [0.4, 0.5) is 5.69 Å². The molecule has 0 saturated carbocycles. The van der Waals surface area contributed by atoms with Gasteiger partial charge in [0.1, 0.15) is 0 Å². The van der Waals surface area contributed by atoms with Crippen LogP contribution in [0.5, 0.6) is 0 Å². The van der Waals surface area contributed by atoms with E-state index in [1.807, 2.05) is 32.0 Å². The van der Waals surface area contributed by atoms with Gasteiger partial charge in [-0.25, -0.2) is 5.43 Å². The van der Waals surface area contributed by atoms with Crippen molar-refractivity contribution >= 4 is 46.9 Å². The third-order valence-electron chi connectivity index (χ3n) is 4.52. The Morgan fingerprint density at radius 1 is 1.22 bits per heavy atom. The summed E-state index contributed by atoms with van der Waals surface area (Å²) in [6.45, 7) is 4.26. The summed E-state index contributed by atoms with van der Waals surface area (Å²) in [6.07, 6.45) is 1.56. The number of hydrazone groups is 1. The van der Waals surface area contributed by atoms with Crippen molar-refractivity contribution in [1.29, 1.82) is 0 Å². The number of hydrogen-bond acceptors (Lipinski definition) is 3. The van der Waals surface area contributed by atoms with Crippen LogP contribution in [0.15, 0.2) is 41.5 Å². The Labute approximate surface area is 168 Å². The van der Waals surface area contributed by atoms with Crippen molar-refractivity contribution in [2.24, 2.45) is 11.0 Å². The predicted octanol–water partition coefficient (Wildman–Crippen LogP) is 4.11. The van der Waals surface area contributed by atoms with Gasteiger partial charge in [0.15, 0.2) is 0 Å². The summed E-state index contributed by atoms with van der Waals surface area (Å²) < 4.78 is 0. The first kappa shape index (κ1) is 19.4. The molecule has 2 amide bonds. The van der Waals surface area contributed by atoms with E-state index in [4.69, 9.17) is 23.2 Å². The molecule has 1 aliphatic rings. The number of hydrogen-bond donors (Lipinski definition) is 1. The Kier molecular flexibility index (Phi) is 5.82. The molecule has 1 saturated heterocycles. The minimum atomic E-state index is -0.462. The summed E-state index contributed by atoms with van der Waals surface area (Å²) in [7, 11) is 0. The van der Waals surface area contributed by atoms with Gasteiger partial charge in [0.2, 0.25) is 11.8 Å². The van der Waals surface area contributed by atoms with Crippen LogP contribution in [0.2, 0.25) is 10.0 Å². The summed E-state index contributed by atoms with van der Waals surface area (Å²) in [5, 5.41) is 4.82. The highest BCUT2D eigenvalue weighted by atomic mass is 35.5. The van der Waals surface area contributed by atoms with Gasteiger partial charge in [0, 0.05) is 24.2 Å². The molecule has 3 rings (SSSR count). The molecule has 1 aliphatic heterocycles. The molecule has 1 heterocycles. The first-order chi connectivity index (χ1) is 12.9. The summed E-state index contributed by atoms with van der Waals surface area (Å²) in [5.41, 5.74) is 5.93. The maximum atomic E-state index is 12.4. The highest BCUT2D eigenvalue weighted by Crippen LogP contribution is 2.29. The summed E-state index contributed by atoms with van der Waals surface area (Å²) in [6, 6.07) is 11.0. The van der Waals surface area contributed by atoms with Crippen LogP contribution in [0.3, 0.4) is 0 Å². The molecule has 2 aromatic rings. The van der Waals surface area contributed by atoms with Gasteiger partial charge in [0.05, 0.1) is 22.2 Å². The Morgan fingerprint density at radius 2 is 1.93 bits per heavy atom. The van der Waals surface area contributed by atoms with E-state index < -0.39 is 5.92 Å². The Hall–Kier alpha value is -2.37. The molecule has 0 aromatic heterocycles. The van der Waals surface area contributed by atoms with Crippen LogP contribution >= 0.6 is 23.2 Å². The van der Waals surface area contributed by atoms with Gasteiger partial charge in [-0.05, 0) is 43.2 Å². The van der Waals surface area contributed by atoms with Crippen molar-refractivity contribution in [3.63, 3.8) is 0 Å². The topological polar surface area (TPSA) is 61.8 Å². The average Bonchev–Trinajstić information content (AvgIpc) is 3.01. The number of carbonyl (C=O) groups is 2. The number of anilines is 1. The molecule has 2 aromatic carbocycles. The highest BCUT2D eigenvalue weighted by molar-refractivity contribution is 6.38. The first-order valence-electron chi connectivity index (χ1n) is 8.51. The van der Waals surface area contributed by atoms with E-state index in [1.165, 1.54) is 6.21 Å². The van der Waals surface area contributed by atoms with Gasteiger partial charge in [0.25, 0.3) is 0 Å². The van der Waals surface area contributed by atoms with Gasteiger partial charge in [-0.3, -0.25) is 9.59 Å². The third-order valence-corrected chi connectivity index (χ3v) is 5.18. The van der Waals surface area contributed by atoms with Crippen molar-refractivity contribution < 1.29 is 9.59 Å². The number of carbonyl (C=O) groups excluding carboxylic acids is 2.